The summed E-state index contributed by atoms with van der Waals surface area (Å²) in [7, 11) is 0. The van der Waals surface area contributed by atoms with Crippen molar-refractivity contribution in [1.29, 1.82) is 0 Å². The van der Waals surface area contributed by atoms with Crippen molar-refractivity contribution in [2.75, 3.05) is 6.61 Å². The van der Waals surface area contributed by atoms with Gasteiger partial charge in [0.2, 0.25) is 0 Å². The number of hydrogen-bond acceptors (Lipinski definition) is 7. The third-order valence-electron chi connectivity index (χ3n) is 4.19. The molecular formula is C22H13Cl2NO7. The van der Waals surface area contributed by atoms with Gasteiger partial charge < -0.3 is 9.47 Å². The summed E-state index contributed by atoms with van der Waals surface area (Å²) in [6.07, 6.45) is 0. The van der Waals surface area contributed by atoms with E-state index in [1.807, 2.05) is 0 Å². The van der Waals surface area contributed by atoms with Crippen LogP contribution in [0, 0.1) is 10.1 Å². The van der Waals surface area contributed by atoms with E-state index in [0.717, 1.165) is 0 Å². The molecule has 0 spiro atoms. The molecular weight excluding hydrogens is 461 g/mol. The average molecular weight is 474 g/mol. The Morgan fingerprint density at radius 1 is 0.844 bits per heavy atom. The summed E-state index contributed by atoms with van der Waals surface area (Å²) in [4.78, 5) is 46.6. The second-order valence-corrected chi connectivity index (χ2v) is 7.18. The highest BCUT2D eigenvalue weighted by Gasteiger charge is 2.16. The molecule has 0 saturated carbocycles. The van der Waals surface area contributed by atoms with Crippen molar-refractivity contribution < 1.29 is 28.8 Å². The second kappa shape index (κ2) is 10.0. The van der Waals surface area contributed by atoms with Crippen LogP contribution in [0.1, 0.15) is 31.1 Å². The number of hydrogen-bond donors (Lipinski definition) is 0. The van der Waals surface area contributed by atoms with Crippen molar-refractivity contribution in [3.05, 3.63) is 104 Å². The third-order valence-corrected chi connectivity index (χ3v) is 4.73. The first-order chi connectivity index (χ1) is 15.2. The molecule has 0 N–H and O–H groups in total. The molecule has 0 fully saturated rings. The van der Waals surface area contributed by atoms with Crippen molar-refractivity contribution in [2.24, 2.45) is 0 Å². The number of nitro benzene ring substituents is 1. The van der Waals surface area contributed by atoms with Crippen LogP contribution < -0.4 is 4.74 Å². The van der Waals surface area contributed by atoms with Crippen LogP contribution in [-0.2, 0) is 4.74 Å². The van der Waals surface area contributed by atoms with Crippen LogP contribution in [0.15, 0.2) is 66.7 Å². The SMILES string of the molecule is O=C(COC(=O)c1ccc(Cl)cc1Cl)c1ccc(OC(=O)c2ccc([N+](=O)[O-])cc2)cc1. The summed E-state index contributed by atoms with van der Waals surface area (Å²) in [5.41, 5.74) is 0.291. The molecule has 32 heavy (non-hydrogen) atoms. The maximum absolute atomic E-state index is 12.3. The molecule has 0 aliphatic carbocycles. The molecule has 0 aromatic heterocycles. The zero-order chi connectivity index (χ0) is 23.3. The summed E-state index contributed by atoms with van der Waals surface area (Å²) in [5, 5.41) is 11.1. The number of halogens is 2. The minimum absolute atomic E-state index is 0.0809. The molecule has 0 aliphatic rings. The van der Waals surface area contributed by atoms with E-state index < -0.39 is 29.3 Å². The highest BCUT2D eigenvalue weighted by Crippen LogP contribution is 2.22. The number of benzene rings is 3. The molecule has 3 aromatic carbocycles. The zero-order valence-corrected chi connectivity index (χ0v) is 17.6. The molecule has 0 heterocycles. The fourth-order valence-corrected chi connectivity index (χ4v) is 3.03. The van der Waals surface area contributed by atoms with Crippen molar-refractivity contribution in [2.45, 2.75) is 0 Å². The predicted octanol–water partition coefficient (Wildman–Crippen LogP) is 5.16. The Morgan fingerprint density at radius 3 is 2.06 bits per heavy atom. The number of carbonyl (C=O) groups excluding carboxylic acids is 3. The summed E-state index contributed by atoms with van der Waals surface area (Å²) in [5.74, 6) is -1.80. The smallest absolute Gasteiger partial charge is 0.343 e. The lowest BCUT2D eigenvalue weighted by molar-refractivity contribution is -0.384. The molecule has 0 amide bonds. The van der Waals surface area contributed by atoms with Gasteiger partial charge in [0.1, 0.15) is 5.75 Å². The van der Waals surface area contributed by atoms with Crippen molar-refractivity contribution in [3.63, 3.8) is 0 Å². The van der Waals surface area contributed by atoms with E-state index in [4.69, 9.17) is 32.7 Å². The van der Waals surface area contributed by atoms with Gasteiger partial charge in [-0.15, -0.1) is 0 Å². The quantitative estimate of drug-likeness (QED) is 0.153. The van der Waals surface area contributed by atoms with Gasteiger partial charge in [-0.1, -0.05) is 23.2 Å². The lowest BCUT2D eigenvalue weighted by Gasteiger charge is -2.07. The van der Waals surface area contributed by atoms with Gasteiger partial charge in [0, 0.05) is 22.7 Å². The van der Waals surface area contributed by atoms with Gasteiger partial charge in [0.25, 0.3) is 5.69 Å². The van der Waals surface area contributed by atoms with Gasteiger partial charge in [-0.2, -0.15) is 0 Å². The molecule has 0 saturated heterocycles. The summed E-state index contributed by atoms with van der Waals surface area (Å²) in [6.45, 7) is -0.514. The minimum atomic E-state index is -0.770. The van der Waals surface area contributed by atoms with E-state index >= 15 is 0 Å². The molecule has 8 nitrogen and oxygen atoms in total. The van der Waals surface area contributed by atoms with Gasteiger partial charge in [0.15, 0.2) is 12.4 Å². The summed E-state index contributed by atoms with van der Waals surface area (Å²) >= 11 is 11.7. The van der Waals surface area contributed by atoms with Crippen LogP contribution in [0.3, 0.4) is 0 Å². The Balaban J connectivity index is 1.57. The van der Waals surface area contributed by atoms with E-state index in [1.54, 1.807) is 0 Å². The molecule has 162 valence electrons. The van der Waals surface area contributed by atoms with Crippen LogP contribution in [0.4, 0.5) is 5.69 Å². The van der Waals surface area contributed by atoms with E-state index in [2.05, 4.69) is 0 Å². The first kappa shape index (κ1) is 22.9. The number of rotatable bonds is 7. The fourth-order valence-electron chi connectivity index (χ4n) is 2.54. The third kappa shape index (κ3) is 5.69. The average Bonchev–Trinajstić information content (AvgIpc) is 2.77. The van der Waals surface area contributed by atoms with Gasteiger partial charge >= 0.3 is 11.9 Å². The Morgan fingerprint density at radius 2 is 1.47 bits per heavy atom. The van der Waals surface area contributed by atoms with Gasteiger partial charge in [-0.3, -0.25) is 14.9 Å². The Hall–Kier alpha value is -3.75. The van der Waals surface area contributed by atoms with E-state index in [-0.39, 0.29) is 33.1 Å². The highest BCUT2D eigenvalue weighted by atomic mass is 35.5. The van der Waals surface area contributed by atoms with Gasteiger partial charge in [-0.25, -0.2) is 9.59 Å². The number of esters is 2. The Labute approximate surface area is 191 Å². The largest absolute Gasteiger partial charge is 0.454 e. The number of carbonyl (C=O) groups is 3. The fraction of sp³-hybridized carbons (Fsp3) is 0.0455. The maximum atomic E-state index is 12.3. The molecule has 10 heteroatoms. The first-order valence-electron chi connectivity index (χ1n) is 8.96. The Kier molecular flexibility index (Phi) is 7.19. The molecule has 0 bridgehead atoms. The first-order valence-corrected chi connectivity index (χ1v) is 9.72. The highest BCUT2D eigenvalue weighted by molar-refractivity contribution is 6.36. The van der Waals surface area contributed by atoms with Gasteiger partial charge in [0.05, 0.1) is 21.1 Å². The maximum Gasteiger partial charge on any atom is 0.343 e. The monoisotopic (exact) mass is 473 g/mol. The van der Waals surface area contributed by atoms with Crippen LogP contribution in [-0.4, -0.2) is 29.3 Å². The lowest BCUT2D eigenvalue weighted by Crippen LogP contribution is -2.14. The number of non-ortho nitro benzene ring substituents is 1. The molecule has 0 aliphatic heterocycles. The van der Waals surface area contributed by atoms with Crippen molar-refractivity contribution in [1.82, 2.24) is 0 Å². The second-order valence-electron chi connectivity index (χ2n) is 6.34. The number of ether oxygens (including phenoxy) is 2. The van der Waals surface area contributed by atoms with E-state index in [1.165, 1.54) is 66.7 Å². The number of ketones is 1. The molecule has 0 atom stereocenters. The van der Waals surface area contributed by atoms with E-state index in [9.17, 15) is 24.5 Å². The zero-order valence-electron chi connectivity index (χ0n) is 16.1. The van der Waals surface area contributed by atoms with Crippen LogP contribution in [0.2, 0.25) is 10.0 Å². The normalized spacial score (nSPS) is 10.3. The number of nitrogens with zero attached hydrogens (tertiary/aromatic N) is 1. The van der Waals surface area contributed by atoms with Crippen molar-refractivity contribution >= 4 is 46.6 Å². The Bertz CT molecular complexity index is 1190. The molecule has 0 radical (unpaired) electrons. The predicted molar refractivity (Wildman–Crippen MR) is 116 cm³/mol. The number of nitro groups is 1. The van der Waals surface area contributed by atoms with Crippen LogP contribution >= 0.6 is 23.2 Å². The van der Waals surface area contributed by atoms with Crippen LogP contribution in [0.25, 0.3) is 0 Å². The van der Waals surface area contributed by atoms with Crippen LogP contribution in [0.5, 0.6) is 5.75 Å². The summed E-state index contributed by atoms with van der Waals surface area (Å²) < 4.78 is 10.2. The van der Waals surface area contributed by atoms with Gasteiger partial charge in [-0.05, 0) is 54.6 Å². The van der Waals surface area contributed by atoms with E-state index in [0.29, 0.717) is 5.02 Å². The minimum Gasteiger partial charge on any atom is -0.454 e. The lowest BCUT2D eigenvalue weighted by atomic mass is 10.1. The molecule has 0 unspecified atom stereocenters. The number of Topliss-reactive ketones (excluding diaryl/α,β-unsaturated/α-hetero) is 1. The molecule has 3 rings (SSSR count). The summed E-state index contributed by atoms with van der Waals surface area (Å²) in [6, 6.07) is 14.8. The molecule has 3 aromatic rings. The standard InChI is InChI=1S/C22H13Cl2NO7/c23-15-5-10-18(19(24)11-15)22(28)31-12-20(26)13-3-8-17(9-4-13)32-21(27)14-1-6-16(7-2-14)25(29)30/h1-11H,12H2. The topological polar surface area (TPSA) is 113 Å². The van der Waals surface area contributed by atoms with Crippen molar-refractivity contribution in [3.8, 4) is 5.75 Å².